The number of ether oxygens (including phenoxy) is 1. The van der Waals surface area contributed by atoms with Crippen molar-refractivity contribution in [2.75, 3.05) is 18.8 Å². The first-order chi connectivity index (χ1) is 17.0. The maximum absolute atomic E-state index is 13.9. The van der Waals surface area contributed by atoms with Crippen LogP contribution in [0.1, 0.15) is 95.9 Å². The lowest BCUT2D eigenvalue weighted by Crippen LogP contribution is -2.54. The molecule has 3 amide bonds. The van der Waals surface area contributed by atoms with Crippen LogP contribution in [0.3, 0.4) is 0 Å². The zero-order valence-corrected chi connectivity index (χ0v) is 24.2. The summed E-state index contributed by atoms with van der Waals surface area (Å²) in [6.45, 7) is 14.4. The van der Waals surface area contributed by atoms with Gasteiger partial charge in [-0.2, -0.15) is 12.6 Å². The smallest absolute Gasteiger partial charge is 0.408 e. The summed E-state index contributed by atoms with van der Waals surface area (Å²) in [6, 6.07) is 4.09. The Morgan fingerprint density at radius 1 is 1.03 bits per heavy atom. The quantitative estimate of drug-likeness (QED) is 0.223. The summed E-state index contributed by atoms with van der Waals surface area (Å²) in [6.07, 6.45) is 4.94. The van der Waals surface area contributed by atoms with E-state index >= 15 is 0 Å². The Labute approximate surface area is 223 Å². The minimum Gasteiger partial charge on any atom is -0.444 e. The molecule has 2 atom stereocenters. The molecule has 0 aliphatic heterocycles. The highest BCUT2D eigenvalue weighted by Gasteiger charge is 2.36. The first-order valence-electron chi connectivity index (χ1n) is 13.2. The second-order valence-electron chi connectivity index (χ2n) is 10.3. The van der Waals surface area contributed by atoms with E-state index in [2.05, 4.69) is 37.1 Å². The lowest BCUT2D eigenvalue weighted by atomic mass is 9.94. The van der Waals surface area contributed by atoms with Crippen LogP contribution in [0.15, 0.2) is 18.2 Å². The molecular weight excluding hydrogens is 474 g/mol. The summed E-state index contributed by atoms with van der Waals surface area (Å²) in [5.74, 6) is -0.472. The molecule has 8 heteroatoms. The number of alkyl carbamates (subject to hydrolysis) is 1. The predicted octanol–water partition coefficient (Wildman–Crippen LogP) is 5.49. The van der Waals surface area contributed by atoms with Crippen LogP contribution >= 0.6 is 12.6 Å². The molecule has 1 aromatic rings. The van der Waals surface area contributed by atoms with Crippen molar-refractivity contribution in [2.24, 2.45) is 0 Å². The van der Waals surface area contributed by atoms with Crippen LogP contribution < -0.4 is 10.6 Å². The van der Waals surface area contributed by atoms with Crippen LogP contribution in [0.5, 0.6) is 0 Å². The highest BCUT2D eigenvalue weighted by atomic mass is 32.1. The van der Waals surface area contributed by atoms with Crippen molar-refractivity contribution in [3.05, 3.63) is 34.9 Å². The Bertz CT molecular complexity index is 854. The fourth-order valence-corrected chi connectivity index (χ4v) is 4.16. The van der Waals surface area contributed by atoms with Gasteiger partial charge in [0.2, 0.25) is 11.8 Å². The molecule has 2 N–H and O–H groups in total. The number of amides is 3. The average Bonchev–Trinajstić information content (AvgIpc) is 2.80. The highest BCUT2D eigenvalue weighted by molar-refractivity contribution is 7.80. The monoisotopic (exact) mass is 521 g/mol. The van der Waals surface area contributed by atoms with Crippen LogP contribution in [0, 0.1) is 13.8 Å². The third-order valence-electron chi connectivity index (χ3n) is 6.04. The van der Waals surface area contributed by atoms with Crippen molar-refractivity contribution in [2.45, 2.75) is 105 Å². The molecule has 204 valence electrons. The Kier molecular flexibility index (Phi) is 14.0. The molecule has 0 bridgehead atoms. The number of benzene rings is 1. The first-order valence-corrected chi connectivity index (χ1v) is 13.8. The van der Waals surface area contributed by atoms with Crippen LogP contribution in [0.2, 0.25) is 0 Å². The first kappa shape index (κ1) is 31.8. The van der Waals surface area contributed by atoms with Gasteiger partial charge in [0.25, 0.3) is 0 Å². The Morgan fingerprint density at radius 3 is 2.28 bits per heavy atom. The van der Waals surface area contributed by atoms with Gasteiger partial charge >= 0.3 is 6.09 Å². The molecule has 0 aliphatic rings. The fraction of sp³-hybridized carbons (Fsp3) is 0.679. The maximum Gasteiger partial charge on any atom is 0.408 e. The summed E-state index contributed by atoms with van der Waals surface area (Å²) in [7, 11) is 0. The van der Waals surface area contributed by atoms with E-state index in [1.165, 1.54) is 0 Å². The number of nitrogens with zero attached hydrogens (tertiary/aromatic N) is 1. The molecule has 36 heavy (non-hydrogen) atoms. The summed E-state index contributed by atoms with van der Waals surface area (Å²) in [5, 5.41) is 5.70. The molecule has 0 saturated carbocycles. The molecule has 1 aromatic carbocycles. The zero-order valence-electron chi connectivity index (χ0n) is 23.3. The molecule has 0 radical (unpaired) electrons. The number of carbonyl (C=O) groups excluding carboxylic acids is 3. The number of thiol groups is 1. The van der Waals surface area contributed by atoms with Gasteiger partial charge in [-0.15, -0.1) is 0 Å². The molecular formula is C28H47N3O4S. The number of unbranched alkanes of at least 4 members (excludes halogenated alkanes) is 4. The van der Waals surface area contributed by atoms with E-state index in [0.29, 0.717) is 13.1 Å². The van der Waals surface area contributed by atoms with Crippen molar-refractivity contribution in [1.29, 1.82) is 0 Å². The molecule has 7 nitrogen and oxygen atoms in total. The predicted molar refractivity (Wildman–Crippen MR) is 149 cm³/mol. The third kappa shape index (κ3) is 10.4. The van der Waals surface area contributed by atoms with Crippen molar-refractivity contribution in [3.8, 4) is 0 Å². The van der Waals surface area contributed by atoms with Crippen LogP contribution in [-0.2, 0) is 14.3 Å². The summed E-state index contributed by atoms with van der Waals surface area (Å²) < 4.78 is 5.37. The van der Waals surface area contributed by atoms with E-state index in [-0.39, 0.29) is 17.6 Å². The second kappa shape index (κ2) is 15.8. The van der Waals surface area contributed by atoms with Gasteiger partial charge in [-0.1, -0.05) is 57.7 Å². The Balaban J connectivity index is 3.42. The molecule has 2 unspecified atom stereocenters. The molecule has 0 saturated heterocycles. The molecule has 0 fully saturated rings. The second-order valence-corrected chi connectivity index (χ2v) is 10.7. The van der Waals surface area contributed by atoms with Gasteiger partial charge in [0.15, 0.2) is 0 Å². The number of aryl methyl sites for hydroxylation is 1. The number of rotatable bonds is 14. The lowest BCUT2D eigenvalue weighted by molar-refractivity contribution is -0.142. The SMILES string of the molecule is CCCCCCN(C(=O)C(CS)NC(=O)OC(C)(C)C)C(C(=O)NCCCC)c1cccc(C)c1C. The van der Waals surface area contributed by atoms with Gasteiger partial charge in [-0.05, 0) is 64.2 Å². The molecule has 0 aliphatic carbocycles. The summed E-state index contributed by atoms with van der Waals surface area (Å²) in [4.78, 5) is 41.6. The standard InChI is InChI=1S/C28H47N3O4S/c1-8-10-12-13-18-31(26(33)23(19-36)30-27(34)35-28(5,6)7)24(25(32)29-17-11-9-2)22-16-14-15-20(3)21(22)4/h14-16,23-24,36H,8-13,17-19H2,1-7H3,(H,29,32)(H,30,34). The van der Waals surface area contributed by atoms with Gasteiger partial charge in [-0.25, -0.2) is 4.79 Å². The van der Waals surface area contributed by atoms with Crippen molar-refractivity contribution >= 4 is 30.5 Å². The number of hydrogen-bond acceptors (Lipinski definition) is 5. The topological polar surface area (TPSA) is 87.7 Å². The zero-order chi connectivity index (χ0) is 27.3. The fourth-order valence-electron chi connectivity index (χ4n) is 3.92. The van der Waals surface area contributed by atoms with Crippen molar-refractivity contribution in [1.82, 2.24) is 15.5 Å². The van der Waals surface area contributed by atoms with E-state index < -0.39 is 23.8 Å². The largest absolute Gasteiger partial charge is 0.444 e. The molecule has 1 rings (SSSR count). The average molecular weight is 522 g/mol. The van der Waals surface area contributed by atoms with Crippen molar-refractivity contribution in [3.63, 3.8) is 0 Å². The lowest BCUT2D eigenvalue weighted by Gasteiger charge is -2.35. The van der Waals surface area contributed by atoms with Crippen LogP contribution in [-0.4, -0.2) is 53.3 Å². The van der Waals surface area contributed by atoms with Gasteiger partial charge in [0.05, 0.1) is 0 Å². The van der Waals surface area contributed by atoms with E-state index in [1.807, 2.05) is 32.0 Å². The van der Waals surface area contributed by atoms with Crippen molar-refractivity contribution < 1.29 is 19.1 Å². The third-order valence-corrected chi connectivity index (χ3v) is 6.40. The number of carbonyl (C=O) groups is 3. The van der Waals surface area contributed by atoms with Gasteiger partial charge in [-0.3, -0.25) is 9.59 Å². The van der Waals surface area contributed by atoms with Gasteiger partial charge < -0.3 is 20.3 Å². The number of hydrogen-bond donors (Lipinski definition) is 3. The Morgan fingerprint density at radius 2 is 1.69 bits per heavy atom. The maximum atomic E-state index is 13.9. The molecule has 0 heterocycles. The number of nitrogens with one attached hydrogen (secondary N) is 2. The van der Waals surface area contributed by atoms with Crippen LogP contribution in [0.4, 0.5) is 4.79 Å². The van der Waals surface area contributed by atoms with E-state index in [4.69, 9.17) is 4.74 Å². The minimum absolute atomic E-state index is 0.0838. The van der Waals surface area contributed by atoms with Crippen LogP contribution in [0.25, 0.3) is 0 Å². The Hall–Kier alpha value is -2.22. The summed E-state index contributed by atoms with van der Waals surface area (Å²) in [5.41, 5.74) is 2.12. The summed E-state index contributed by atoms with van der Waals surface area (Å²) >= 11 is 4.36. The highest BCUT2D eigenvalue weighted by Crippen LogP contribution is 2.28. The van der Waals surface area contributed by atoms with Gasteiger partial charge in [0, 0.05) is 18.8 Å². The van der Waals surface area contributed by atoms with E-state index in [9.17, 15) is 14.4 Å². The van der Waals surface area contributed by atoms with E-state index in [1.54, 1.807) is 25.7 Å². The minimum atomic E-state index is -0.926. The molecule has 0 spiro atoms. The van der Waals surface area contributed by atoms with Gasteiger partial charge in [0.1, 0.15) is 17.7 Å². The molecule has 0 aromatic heterocycles. The normalized spacial score (nSPS) is 13.0. The van der Waals surface area contributed by atoms with E-state index in [0.717, 1.165) is 55.2 Å².